The van der Waals surface area contributed by atoms with E-state index in [9.17, 15) is 9.59 Å². The highest BCUT2D eigenvalue weighted by Gasteiger charge is 2.19. The van der Waals surface area contributed by atoms with Crippen LogP contribution in [0.3, 0.4) is 0 Å². The van der Waals surface area contributed by atoms with Gasteiger partial charge < -0.3 is 15.9 Å². The van der Waals surface area contributed by atoms with E-state index >= 15 is 0 Å². The molecule has 4 N–H and O–H groups in total. The van der Waals surface area contributed by atoms with Gasteiger partial charge in [0.2, 0.25) is 0 Å². The summed E-state index contributed by atoms with van der Waals surface area (Å²) in [6, 6.07) is -0.740. The van der Waals surface area contributed by atoms with E-state index in [0.717, 1.165) is 16.7 Å². The van der Waals surface area contributed by atoms with Crippen LogP contribution in [-0.2, 0) is 9.53 Å². The first kappa shape index (κ1) is 14.7. The number of nitrogens with two attached hydrogens (primary N) is 1. The maximum Gasteiger partial charge on any atom is 0.346 e. The maximum absolute atomic E-state index is 11.6. The molecule has 0 aromatic rings. The molecular weight excluding hydrogens is 276 g/mol. The Hall–Kier alpha value is -1.35. The summed E-state index contributed by atoms with van der Waals surface area (Å²) in [5, 5.41) is 0. The summed E-state index contributed by atoms with van der Waals surface area (Å²) in [5.74, 6) is 0.412. The van der Waals surface area contributed by atoms with Crippen molar-refractivity contribution in [2.45, 2.75) is 6.92 Å². The number of hydrazine groups is 1. The predicted octanol–water partition coefficient (Wildman–Crippen LogP) is 0.400. The minimum Gasteiger partial charge on any atom is -0.465 e. The number of urea groups is 1. The Morgan fingerprint density at radius 3 is 2.72 bits per heavy atom. The van der Waals surface area contributed by atoms with Crippen molar-refractivity contribution in [1.82, 2.24) is 10.9 Å². The average molecular weight is 290 g/mol. The summed E-state index contributed by atoms with van der Waals surface area (Å²) in [4.78, 5) is 26.8. The van der Waals surface area contributed by atoms with Crippen LogP contribution in [0.25, 0.3) is 0 Å². The molecule has 0 atom stereocenters. The average Bonchev–Trinajstić information content (AvgIpc) is 2.85. The van der Waals surface area contributed by atoms with Crippen LogP contribution in [0, 0.1) is 0 Å². The van der Waals surface area contributed by atoms with Crippen molar-refractivity contribution < 1.29 is 14.3 Å². The van der Waals surface area contributed by atoms with Crippen molar-refractivity contribution in [2.24, 2.45) is 10.7 Å². The first-order chi connectivity index (χ1) is 8.54. The molecule has 0 radical (unpaired) electrons. The molecule has 9 heteroatoms. The lowest BCUT2D eigenvalue weighted by atomic mass is 10.4. The molecule has 1 rings (SSSR count). The van der Waals surface area contributed by atoms with Crippen LogP contribution in [0.5, 0.6) is 0 Å². The third-order valence-electron chi connectivity index (χ3n) is 1.83. The summed E-state index contributed by atoms with van der Waals surface area (Å²) in [6.45, 7) is 2.38. The minimum atomic E-state index is -0.740. The number of ether oxygens (including phenoxy) is 1. The number of primary amides is 1. The molecule has 0 aromatic heterocycles. The SMILES string of the molecule is COC(=O)/C(SC1=NCCS1)=C(/C)NNC(N)=O. The van der Waals surface area contributed by atoms with Crippen LogP contribution in [0.4, 0.5) is 4.79 Å². The molecule has 0 bridgehead atoms. The number of methoxy groups -OCH3 is 1. The minimum absolute atomic E-state index is 0.333. The fraction of sp³-hybridized carbons (Fsp3) is 0.444. The zero-order valence-corrected chi connectivity index (χ0v) is 11.6. The Balaban J connectivity index is 2.78. The second-order valence-corrected chi connectivity index (χ2v) is 5.50. The maximum atomic E-state index is 11.6. The number of carbonyl (C=O) groups is 2. The fourth-order valence-corrected chi connectivity index (χ4v) is 3.02. The molecule has 0 unspecified atom stereocenters. The van der Waals surface area contributed by atoms with Gasteiger partial charge >= 0.3 is 12.0 Å². The van der Waals surface area contributed by atoms with E-state index in [-0.39, 0.29) is 0 Å². The number of hydrogen-bond acceptors (Lipinski definition) is 7. The Labute approximate surface area is 113 Å². The number of nitrogens with zero attached hydrogens (tertiary/aromatic N) is 1. The summed E-state index contributed by atoms with van der Waals surface area (Å²) >= 11 is 2.78. The molecule has 18 heavy (non-hydrogen) atoms. The molecular formula is C9H14N4O3S2. The van der Waals surface area contributed by atoms with Crippen LogP contribution >= 0.6 is 23.5 Å². The second kappa shape index (κ2) is 7.17. The van der Waals surface area contributed by atoms with Gasteiger partial charge in [0.25, 0.3) is 0 Å². The van der Waals surface area contributed by atoms with Gasteiger partial charge in [-0.15, -0.1) is 0 Å². The number of amides is 2. The van der Waals surface area contributed by atoms with E-state index in [0.29, 0.717) is 10.6 Å². The summed E-state index contributed by atoms with van der Waals surface area (Å²) < 4.78 is 5.49. The standard InChI is InChI=1S/C9H14N4O3S2/c1-5(12-13-8(10)15)6(7(14)16-2)18-9-11-3-4-17-9/h12H,3-4H2,1-2H3,(H3,10,13,15)/b6-5+. The number of aliphatic imine (C=N–C) groups is 1. The highest BCUT2D eigenvalue weighted by Crippen LogP contribution is 2.30. The van der Waals surface area contributed by atoms with Crippen molar-refractivity contribution in [3.05, 3.63) is 10.6 Å². The van der Waals surface area contributed by atoms with E-state index in [4.69, 9.17) is 5.73 Å². The van der Waals surface area contributed by atoms with Crippen LogP contribution in [0.1, 0.15) is 6.92 Å². The van der Waals surface area contributed by atoms with Crippen molar-refractivity contribution >= 4 is 39.9 Å². The molecule has 2 amide bonds. The Kier molecular flexibility index (Phi) is 5.86. The number of nitrogens with one attached hydrogen (secondary N) is 2. The molecule has 1 aliphatic rings. The molecule has 7 nitrogen and oxygen atoms in total. The van der Waals surface area contributed by atoms with Crippen molar-refractivity contribution in [2.75, 3.05) is 19.4 Å². The van der Waals surface area contributed by atoms with Gasteiger partial charge in [-0.1, -0.05) is 23.5 Å². The topological polar surface area (TPSA) is 106 Å². The second-order valence-electron chi connectivity index (χ2n) is 3.16. The lowest BCUT2D eigenvalue weighted by Gasteiger charge is -2.11. The van der Waals surface area contributed by atoms with Crippen LogP contribution < -0.4 is 16.6 Å². The van der Waals surface area contributed by atoms with E-state index in [1.54, 1.807) is 18.7 Å². The van der Waals surface area contributed by atoms with E-state index in [1.807, 2.05) is 0 Å². The highest BCUT2D eigenvalue weighted by molar-refractivity contribution is 8.40. The number of carbonyl (C=O) groups excluding carboxylic acids is 2. The quantitative estimate of drug-likeness (QED) is 0.393. The van der Waals surface area contributed by atoms with Crippen LogP contribution in [-0.4, -0.2) is 35.8 Å². The number of thioether (sulfide) groups is 2. The van der Waals surface area contributed by atoms with E-state index in [1.165, 1.54) is 18.9 Å². The lowest BCUT2D eigenvalue weighted by molar-refractivity contribution is -0.135. The normalized spacial score (nSPS) is 15.6. The molecule has 0 fully saturated rings. The summed E-state index contributed by atoms with van der Waals surface area (Å²) in [5.41, 5.74) is 10.1. The van der Waals surface area contributed by atoms with Gasteiger partial charge in [-0.25, -0.2) is 9.59 Å². The van der Waals surface area contributed by atoms with E-state index in [2.05, 4.69) is 20.6 Å². The summed E-state index contributed by atoms with van der Waals surface area (Å²) in [6.07, 6.45) is 0. The molecule has 0 saturated heterocycles. The number of rotatable bonds is 4. The lowest BCUT2D eigenvalue weighted by Crippen LogP contribution is -2.40. The van der Waals surface area contributed by atoms with E-state index < -0.39 is 12.0 Å². The molecule has 0 spiro atoms. The molecule has 0 aromatic carbocycles. The molecule has 1 heterocycles. The number of hydrogen-bond donors (Lipinski definition) is 3. The van der Waals surface area contributed by atoms with Crippen LogP contribution in [0.15, 0.2) is 15.6 Å². The zero-order chi connectivity index (χ0) is 13.5. The largest absolute Gasteiger partial charge is 0.465 e. The third kappa shape index (κ3) is 4.49. The summed E-state index contributed by atoms with van der Waals surface area (Å²) in [7, 11) is 1.29. The Morgan fingerprint density at radius 2 is 2.22 bits per heavy atom. The first-order valence-electron chi connectivity index (χ1n) is 5.00. The van der Waals surface area contributed by atoms with Gasteiger partial charge in [0.1, 0.15) is 9.28 Å². The Morgan fingerprint density at radius 1 is 1.50 bits per heavy atom. The smallest absolute Gasteiger partial charge is 0.346 e. The predicted molar refractivity (Wildman–Crippen MR) is 72.9 cm³/mol. The number of esters is 1. The Bertz CT molecular complexity index is 409. The van der Waals surface area contributed by atoms with Gasteiger partial charge in [0.15, 0.2) is 0 Å². The van der Waals surface area contributed by atoms with Gasteiger partial charge in [-0.2, -0.15) is 0 Å². The molecule has 0 saturated carbocycles. The van der Waals surface area contributed by atoms with Crippen molar-refractivity contribution in [3.8, 4) is 0 Å². The molecule has 100 valence electrons. The number of allylic oxidation sites excluding steroid dienone is 1. The first-order valence-corrected chi connectivity index (χ1v) is 6.80. The molecule has 0 aliphatic carbocycles. The molecule has 1 aliphatic heterocycles. The monoisotopic (exact) mass is 290 g/mol. The third-order valence-corrected chi connectivity index (χ3v) is 4.18. The van der Waals surface area contributed by atoms with Gasteiger partial charge in [0.05, 0.1) is 13.7 Å². The van der Waals surface area contributed by atoms with Gasteiger partial charge in [-0.3, -0.25) is 10.4 Å². The fourth-order valence-electron chi connectivity index (χ4n) is 1.04. The van der Waals surface area contributed by atoms with Gasteiger partial charge in [0, 0.05) is 11.4 Å². The van der Waals surface area contributed by atoms with Crippen molar-refractivity contribution in [1.29, 1.82) is 0 Å². The van der Waals surface area contributed by atoms with Crippen molar-refractivity contribution in [3.63, 3.8) is 0 Å². The van der Waals surface area contributed by atoms with Gasteiger partial charge in [-0.05, 0) is 6.92 Å². The highest BCUT2D eigenvalue weighted by atomic mass is 32.2. The van der Waals surface area contributed by atoms with Crippen LogP contribution in [0.2, 0.25) is 0 Å². The zero-order valence-electron chi connectivity index (χ0n) is 9.98.